The molecule has 124 valence electrons. The second kappa shape index (κ2) is 6.37. The van der Waals surface area contributed by atoms with Gasteiger partial charge in [0, 0.05) is 40.5 Å². The van der Waals surface area contributed by atoms with Crippen LogP contribution in [0.5, 0.6) is 0 Å². The quantitative estimate of drug-likeness (QED) is 0.618. The van der Waals surface area contributed by atoms with E-state index in [9.17, 15) is 18.0 Å². The van der Waals surface area contributed by atoms with Gasteiger partial charge in [0.05, 0.1) is 0 Å². The number of benzene rings is 2. The minimum absolute atomic E-state index is 0.0244. The first-order valence-corrected chi connectivity index (χ1v) is 9.67. The van der Waals surface area contributed by atoms with Gasteiger partial charge in [-0.3, -0.25) is 9.59 Å². The summed E-state index contributed by atoms with van der Waals surface area (Å²) in [5.41, 5.74) is 1.63. The lowest BCUT2D eigenvalue weighted by atomic mass is 10.0. The largest absolute Gasteiger partial charge is 0.311 e. The fraction of sp³-hybridized carbons (Fsp3) is 0.176. The van der Waals surface area contributed by atoms with E-state index in [-0.39, 0.29) is 24.7 Å². The number of hydrogen-bond acceptors (Lipinski definition) is 4. The van der Waals surface area contributed by atoms with Crippen LogP contribution in [0.4, 0.5) is 5.69 Å². The summed E-state index contributed by atoms with van der Waals surface area (Å²) in [6, 6.07) is 15.4. The summed E-state index contributed by atoms with van der Waals surface area (Å²) >= 11 is 0. The predicted molar refractivity (Wildman–Crippen MR) is 91.8 cm³/mol. The molecule has 0 aliphatic carbocycles. The van der Waals surface area contributed by atoms with Crippen LogP contribution >= 0.6 is 10.7 Å². The lowest BCUT2D eigenvalue weighted by molar-refractivity contribution is -0.117. The topological polar surface area (TPSA) is 71.5 Å². The molecule has 1 unspecified atom stereocenters. The second-order valence-corrected chi connectivity index (χ2v) is 8.46. The molecule has 3 rings (SSSR count). The number of nitrogens with zero attached hydrogens (tertiary/aromatic N) is 1. The Bertz CT molecular complexity index is 879. The van der Waals surface area contributed by atoms with E-state index in [0.29, 0.717) is 16.8 Å². The van der Waals surface area contributed by atoms with Gasteiger partial charge in [0.2, 0.25) is 15.0 Å². The van der Waals surface area contributed by atoms with Gasteiger partial charge in [0.15, 0.2) is 5.78 Å². The molecular weight excluding hydrogens is 350 g/mol. The van der Waals surface area contributed by atoms with Crippen LogP contribution in [-0.2, 0) is 13.8 Å². The van der Waals surface area contributed by atoms with E-state index in [1.54, 1.807) is 48.5 Å². The number of carbonyl (C=O) groups is 2. The van der Waals surface area contributed by atoms with Crippen molar-refractivity contribution in [2.24, 2.45) is 0 Å². The van der Waals surface area contributed by atoms with Crippen molar-refractivity contribution in [3.05, 3.63) is 65.7 Å². The lowest BCUT2D eigenvalue weighted by Crippen LogP contribution is -2.26. The third-order valence-electron chi connectivity index (χ3n) is 3.96. The molecule has 2 aromatic rings. The van der Waals surface area contributed by atoms with Crippen molar-refractivity contribution in [1.82, 2.24) is 0 Å². The molecule has 5 nitrogen and oxygen atoms in total. The lowest BCUT2D eigenvalue weighted by Gasteiger charge is -2.16. The van der Waals surface area contributed by atoms with Gasteiger partial charge in [-0.05, 0) is 24.3 Å². The van der Waals surface area contributed by atoms with Gasteiger partial charge in [-0.1, -0.05) is 30.3 Å². The van der Waals surface area contributed by atoms with Gasteiger partial charge < -0.3 is 4.90 Å². The average Bonchev–Trinajstić information content (AvgIpc) is 2.97. The van der Waals surface area contributed by atoms with Crippen LogP contribution in [0.2, 0.25) is 0 Å². The van der Waals surface area contributed by atoms with Crippen LogP contribution < -0.4 is 4.90 Å². The standard InChI is InChI=1S/C17H14ClNO4S/c18-24(22,23)15-10-16(20)19(11-15)14-8-6-13(7-9-14)17(21)12-4-2-1-3-5-12/h1-9,15H,10-11H2. The molecule has 0 aromatic heterocycles. The molecule has 0 radical (unpaired) electrons. The summed E-state index contributed by atoms with van der Waals surface area (Å²) in [5, 5.41) is -0.905. The summed E-state index contributed by atoms with van der Waals surface area (Å²) in [5.74, 6) is -0.414. The van der Waals surface area contributed by atoms with Crippen LogP contribution in [0.1, 0.15) is 22.3 Å². The highest BCUT2D eigenvalue weighted by Crippen LogP contribution is 2.27. The Morgan fingerprint density at radius 1 is 1.00 bits per heavy atom. The normalized spacial score (nSPS) is 18.0. The van der Waals surface area contributed by atoms with E-state index in [4.69, 9.17) is 10.7 Å². The summed E-state index contributed by atoms with van der Waals surface area (Å²) in [7, 11) is 1.56. The van der Waals surface area contributed by atoms with Crippen LogP contribution in [0.25, 0.3) is 0 Å². The zero-order valence-corrected chi connectivity index (χ0v) is 14.1. The van der Waals surface area contributed by atoms with Crippen LogP contribution in [0.15, 0.2) is 54.6 Å². The van der Waals surface area contributed by atoms with Crippen molar-refractivity contribution >= 4 is 37.1 Å². The fourth-order valence-electron chi connectivity index (χ4n) is 2.66. The fourth-order valence-corrected chi connectivity index (χ4v) is 3.69. The number of halogens is 1. The van der Waals surface area contributed by atoms with E-state index in [1.807, 2.05) is 6.07 Å². The smallest absolute Gasteiger partial charge is 0.237 e. The van der Waals surface area contributed by atoms with Crippen molar-refractivity contribution in [3.8, 4) is 0 Å². The molecule has 0 saturated carbocycles. The number of anilines is 1. The molecule has 1 atom stereocenters. The van der Waals surface area contributed by atoms with Crippen molar-refractivity contribution in [2.75, 3.05) is 11.4 Å². The maximum absolute atomic E-state index is 12.3. The van der Waals surface area contributed by atoms with Crippen LogP contribution in [0, 0.1) is 0 Å². The minimum Gasteiger partial charge on any atom is -0.311 e. The molecule has 7 heteroatoms. The molecule has 1 heterocycles. The Kier molecular flexibility index (Phi) is 4.43. The van der Waals surface area contributed by atoms with E-state index in [1.165, 1.54) is 4.90 Å². The first kappa shape index (κ1) is 16.7. The van der Waals surface area contributed by atoms with E-state index >= 15 is 0 Å². The number of amides is 1. The number of rotatable bonds is 4. The summed E-state index contributed by atoms with van der Waals surface area (Å²) in [4.78, 5) is 25.7. The van der Waals surface area contributed by atoms with Gasteiger partial charge in [0.25, 0.3) is 0 Å². The van der Waals surface area contributed by atoms with Crippen molar-refractivity contribution in [2.45, 2.75) is 11.7 Å². The molecule has 1 saturated heterocycles. The Hall–Kier alpha value is -2.18. The number of carbonyl (C=O) groups excluding carboxylic acids is 2. The molecule has 1 fully saturated rings. The Labute approximate surface area is 144 Å². The Balaban J connectivity index is 1.80. The summed E-state index contributed by atoms with van der Waals surface area (Å²) in [6.45, 7) is 0.0244. The van der Waals surface area contributed by atoms with Crippen LogP contribution in [0.3, 0.4) is 0 Å². The molecule has 1 amide bonds. The SMILES string of the molecule is O=C(c1ccccc1)c1ccc(N2CC(S(=O)(=O)Cl)CC2=O)cc1. The first-order valence-electron chi connectivity index (χ1n) is 7.30. The number of ketones is 1. The zero-order valence-electron chi connectivity index (χ0n) is 12.6. The maximum atomic E-state index is 12.3. The maximum Gasteiger partial charge on any atom is 0.237 e. The monoisotopic (exact) mass is 363 g/mol. The van der Waals surface area contributed by atoms with E-state index in [0.717, 1.165) is 0 Å². The van der Waals surface area contributed by atoms with Crippen molar-refractivity contribution in [3.63, 3.8) is 0 Å². The van der Waals surface area contributed by atoms with Gasteiger partial charge in [0.1, 0.15) is 5.25 Å². The molecule has 0 bridgehead atoms. The van der Waals surface area contributed by atoms with E-state index in [2.05, 4.69) is 0 Å². The molecule has 2 aromatic carbocycles. The predicted octanol–water partition coefficient (Wildman–Crippen LogP) is 2.59. The molecular formula is C17H14ClNO4S. The molecule has 1 aliphatic rings. The van der Waals surface area contributed by atoms with Gasteiger partial charge in [-0.15, -0.1) is 0 Å². The number of hydrogen-bond donors (Lipinski definition) is 0. The first-order chi connectivity index (χ1) is 11.4. The highest BCUT2D eigenvalue weighted by Gasteiger charge is 2.37. The zero-order chi connectivity index (χ0) is 17.3. The minimum atomic E-state index is -3.78. The molecule has 1 aliphatic heterocycles. The highest BCUT2D eigenvalue weighted by atomic mass is 35.7. The molecule has 24 heavy (non-hydrogen) atoms. The highest BCUT2D eigenvalue weighted by molar-refractivity contribution is 8.14. The van der Waals surface area contributed by atoms with Gasteiger partial charge in [-0.2, -0.15) is 0 Å². The second-order valence-electron chi connectivity index (χ2n) is 5.55. The van der Waals surface area contributed by atoms with E-state index < -0.39 is 14.3 Å². The van der Waals surface area contributed by atoms with Crippen molar-refractivity contribution in [1.29, 1.82) is 0 Å². The third-order valence-corrected chi connectivity index (χ3v) is 5.83. The average molecular weight is 364 g/mol. The third kappa shape index (κ3) is 3.34. The van der Waals surface area contributed by atoms with Gasteiger partial charge in [-0.25, -0.2) is 8.42 Å². The molecule has 0 N–H and O–H groups in total. The summed E-state index contributed by atoms with van der Waals surface area (Å²) in [6.07, 6.45) is -0.128. The Morgan fingerprint density at radius 3 is 2.12 bits per heavy atom. The molecule has 0 spiro atoms. The Morgan fingerprint density at radius 2 is 1.58 bits per heavy atom. The van der Waals surface area contributed by atoms with Crippen LogP contribution in [-0.4, -0.2) is 31.9 Å². The van der Waals surface area contributed by atoms with Crippen molar-refractivity contribution < 1.29 is 18.0 Å². The van der Waals surface area contributed by atoms with Gasteiger partial charge >= 0.3 is 0 Å². The summed E-state index contributed by atoms with van der Waals surface area (Å²) < 4.78 is 22.8.